The summed E-state index contributed by atoms with van der Waals surface area (Å²) in [4.78, 5) is 4.35. The molecule has 6 heteroatoms. The van der Waals surface area contributed by atoms with E-state index in [0.717, 1.165) is 11.1 Å². The molecule has 0 fully saturated rings. The first-order valence-electron chi connectivity index (χ1n) is 5.58. The number of anilines is 1. The number of benzene rings is 1. The second-order valence-electron chi connectivity index (χ2n) is 3.89. The van der Waals surface area contributed by atoms with Crippen LogP contribution < -0.4 is 10.5 Å². The van der Waals surface area contributed by atoms with E-state index in [-0.39, 0.29) is 0 Å². The van der Waals surface area contributed by atoms with Crippen molar-refractivity contribution < 1.29 is 9.26 Å². The summed E-state index contributed by atoms with van der Waals surface area (Å²) in [5.41, 5.74) is 8.11. The number of thiophene rings is 1. The Morgan fingerprint density at radius 1 is 1.26 bits per heavy atom. The molecular weight excluding hydrogens is 262 g/mol. The Bertz CT molecular complexity index is 692. The van der Waals surface area contributed by atoms with Crippen molar-refractivity contribution in [2.45, 2.75) is 0 Å². The predicted molar refractivity (Wildman–Crippen MR) is 74.0 cm³/mol. The molecular formula is C13H11N3O2S. The first kappa shape index (κ1) is 11.7. The highest BCUT2D eigenvalue weighted by Gasteiger charge is 2.12. The average Bonchev–Trinajstić information content (AvgIpc) is 3.09. The Labute approximate surface area is 113 Å². The van der Waals surface area contributed by atoms with Crippen LogP contribution >= 0.6 is 11.3 Å². The van der Waals surface area contributed by atoms with E-state index < -0.39 is 0 Å². The second-order valence-corrected chi connectivity index (χ2v) is 4.67. The zero-order chi connectivity index (χ0) is 13.2. The van der Waals surface area contributed by atoms with Crippen molar-refractivity contribution in [2.24, 2.45) is 0 Å². The Morgan fingerprint density at radius 2 is 2.16 bits per heavy atom. The van der Waals surface area contributed by atoms with Crippen molar-refractivity contribution in [1.82, 2.24) is 10.1 Å². The smallest absolute Gasteiger partial charge is 0.258 e. The third-order valence-corrected chi connectivity index (χ3v) is 3.37. The number of hydrogen-bond donors (Lipinski definition) is 1. The van der Waals surface area contributed by atoms with Crippen LogP contribution in [0.1, 0.15) is 0 Å². The van der Waals surface area contributed by atoms with E-state index in [1.807, 2.05) is 22.9 Å². The van der Waals surface area contributed by atoms with Gasteiger partial charge in [0.05, 0.1) is 12.8 Å². The van der Waals surface area contributed by atoms with Gasteiger partial charge in [-0.2, -0.15) is 16.3 Å². The van der Waals surface area contributed by atoms with Gasteiger partial charge in [-0.3, -0.25) is 0 Å². The maximum Gasteiger partial charge on any atom is 0.258 e. The van der Waals surface area contributed by atoms with Crippen molar-refractivity contribution >= 4 is 17.0 Å². The molecule has 3 aromatic rings. The van der Waals surface area contributed by atoms with Crippen LogP contribution in [0.3, 0.4) is 0 Å². The van der Waals surface area contributed by atoms with Crippen molar-refractivity contribution in [2.75, 3.05) is 12.8 Å². The van der Waals surface area contributed by atoms with E-state index in [4.69, 9.17) is 15.0 Å². The van der Waals surface area contributed by atoms with Gasteiger partial charge in [0.1, 0.15) is 5.75 Å². The van der Waals surface area contributed by atoms with E-state index in [2.05, 4.69) is 10.1 Å². The molecule has 0 aliphatic rings. The Kier molecular flexibility index (Phi) is 2.92. The summed E-state index contributed by atoms with van der Waals surface area (Å²) < 4.78 is 10.4. The molecule has 1 aromatic carbocycles. The van der Waals surface area contributed by atoms with Gasteiger partial charge in [-0.15, -0.1) is 0 Å². The number of aromatic nitrogens is 2. The molecule has 0 aliphatic heterocycles. The molecule has 2 aromatic heterocycles. The average molecular weight is 273 g/mol. The fraction of sp³-hybridized carbons (Fsp3) is 0.0769. The number of hydrogen-bond acceptors (Lipinski definition) is 6. The first-order valence-corrected chi connectivity index (χ1v) is 6.52. The topological polar surface area (TPSA) is 74.2 Å². The third-order valence-electron chi connectivity index (χ3n) is 2.68. The highest BCUT2D eigenvalue weighted by Crippen LogP contribution is 2.29. The van der Waals surface area contributed by atoms with E-state index in [1.54, 1.807) is 30.6 Å². The number of methoxy groups -OCH3 is 1. The summed E-state index contributed by atoms with van der Waals surface area (Å²) >= 11 is 1.59. The molecule has 0 unspecified atom stereocenters. The molecule has 0 saturated carbocycles. The molecule has 0 radical (unpaired) electrons. The minimum absolute atomic E-state index is 0.440. The lowest BCUT2D eigenvalue weighted by Crippen LogP contribution is -1.92. The number of rotatable bonds is 3. The normalized spacial score (nSPS) is 10.6. The van der Waals surface area contributed by atoms with Crippen LogP contribution in [0.2, 0.25) is 0 Å². The van der Waals surface area contributed by atoms with E-state index in [9.17, 15) is 0 Å². The van der Waals surface area contributed by atoms with Crippen LogP contribution in [0.4, 0.5) is 5.69 Å². The van der Waals surface area contributed by atoms with Gasteiger partial charge >= 0.3 is 0 Å². The van der Waals surface area contributed by atoms with Gasteiger partial charge in [0.2, 0.25) is 5.82 Å². The summed E-state index contributed by atoms with van der Waals surface area (Å²) in [7, 11) is 1.58. The number of nitrogens with zero attached hydrogens (tertiary/aromatic N) is 2. The van der Waals surface area contributed by atoms with Gasteiger partial charge in [-0.05, 0) is 29.6 Å². The molecule has 0 bridgehead atoms. The highest BCUT2D eigenvalue weighted by atomic mass is 32.1. The summed E-state index contributed by atoms with van der Waals surface area (Å²) in [5.74, 6) is 1.64. The van der Waals surface area contributed by atoms with Gasteiger partial charge in [-0.25, -0.2) is 0 Å². The van der Waals surface area contributed by atoms with E-state index in [0.29, 0.717) is 23.2 Å². The van der Waals surface area contributed by atoms with Crippen molar-refractivity contribution in [1.29, 1.82) is 0 Å². The molecule has 3 rings (SSSR count). The second kappa shape index (κ2) is 4.74. The summed E-state index contributed by atoms with van der Waals surface area (Å²) in [6.45, 7) is 0. The molecule has 5 nitrogen and oxygen atoms in total. The maximum atomic E-state index is 5.86. The first-order chi connectivity index (χ1) is 9.28. The number of nitrogens with two attached hydrogens (primary N) is 1. The quantitative estimate of drug-likeness (QED) is 0.742. The standard InChI is InChI=1S/C13H11N3O2S/c1-17-11-3-2-8(6-10(11)14)13-15-12(16-18-13)9-4-5-19-7-9/h2-7H,14H2,1H3. The van der Waals surface area contributed by atoms with Crippen LogP contribution in [0.15, 0.2) is 39.5 Å². The van der Waals surface area contributed by atoms with E-state index >= 15 is 0 Å². The van der Waals surface area contributed by atoms with Gasteiger partial charge in [0, 0.05) is 16.5 Å². The van der Waals surface area contributed by atoms with Crippen LogP contribution in [0, 0.1) is 0 Å². The molecule has 0 aliphatic carbocycles. The largest absolute Gasteiger partial charge is 0.495 e. The fourth-order valence-corrected chi connectivity index (χ4v) is 2.35. The Hall–Kier alpha value is -2.34. The molecule has 19 heavy (non-hydrogen) atoms. The van der Waals surface area contributed by atoms with Crippen molar-refractivity contribution in [3.05, 3.63) is 35.0 Å². The van der Waals surface area contributed by atoms with Crippen molar-refractivity contribution in [3.8, 4) is 28.6 Å². The van der Waals surface area contributed by atoms with Crippen LogP contribution in [0.25, 0.3) is 22.8 Å². The minimum atomic E-state index is 0.440. The Balaban J connectivity index is 1.97. The summed E-state index contributed by atoms with van der Waals surface area (Å²) in [6, 6.07) is 7.31. The SMILES string of the molecule is COc1ccc(-c2nc(-c3ccsc3)no2)cc1N. The molecule has 96 valence electrons. The zero-order valence-electron chi connectivity index (χ0n) is 10.2. The fourth-order valence-electron chi connectivity index (χ4n) is 1.72. The number of nitrogen functional groups attached to an aromatic ring is 1. The lowest BCUT2D eigenvalue weighted by atomic mass is 10.2. The lowest BCUT2D eigenvalue weighted by molar-refractivity contribution is 0.416. The minimum Gasteiger partial charge on any atom is -0.495 e. The van der Waals surface area contributed by atoms with Gasteiger partial charge in [0.15, 0.2) is 0 Å². The lowest BCUT2D eigenvalue weighted by Gasteiger charge is -2.04. The van der Waals surface area contributed by atoms with Gasteiger partial charge < -0.3 is 15.0 Å². The molecule has 2 N–H and O–H groups in total. The highest BCUT2D eigenvalue weighted by molar-refractivity contribution is 7.08. The van der Waals surface area contributed by atoms with Gasteiger partial charge in [-0.1, -0.05) is 5.16 Å². The maximum absolute atomic E-state index is 5.86. The van der Waals surface area contributed by atoms with Crippen LogP contribution in [-0.2, 0) is 0 Å². The van der Waals surface area contributed by atoms with Crippen LogP contribution in [0.5, 0.6) is 5.75 Å². The monoisotopic (exact) mass is 273 g/mol. The Morgan fingerprint density at radius 3 is 2.84 bits per heavy atom. The number of ether oxygens (including phenoxy) is 1. The summed E-state index contributed by atoms with van der Waals surface area (Å²) in [5, 5.41) is 7.89. The van der Waals surface area contributed by atoms with Crippen molar-refractivity contribution in [3.63, 3.8) is 0 Å². The van der Waals surface area contributed by atoms with Crippen LogP contribution in [-0.4, -0.2) is 17.3 Å². The predicted octanol–water partition coefficient (Wildman–Crippen LogP) is 3.06. The van der Waals surface area contributed by atoms with E-state index in [1.165, 1.54) is 0 Å². The zero-order valence-corrected chi connectivity index (χ0v) is 11.0. The van der Waals surface area contributed by atoms with Gasteiger partial charge in [0.25, 0.3) is 5.89 Å². The third kappa shape index (κ3) is 2.17. The summed E-state index contributed by atoms with van der Waals surface area (Å²) in [6.07, 6.45) is 0. The molecule has 0 spiro atoms. The molecule has 0 amide bonds. The molecule has 0 atom stereocenters. The molecule has 2 heterocycles. The molecule has 0 saturated heterocycles.